The Kier molecular flexibility index (Phi) is 6.34. The van der Waals surface area contributed by atoms with E-state index in [0.29, 0.717) is 30.4 Å². The van der Waals surface area contributed by atoms with Crippen molar-refractivity contribution in [3.05, 3.63) is 36.4 Å². The molecular weight excluding hydrogens is 366 g/mol. The normalized spacial score (nSPS) is 14.0. The van der Waals surface area contributed by atoms with Crippen molar-refractivity contribution in [3.8, 4) is 23.0 Å². The molecule has 144 valence electrons. The highest BCUT2D eigenvalue weighted by molar-refractivity contribution is 8.00. The van der Waals surface area contributed by atoms with Gasteiger partial charge in [-0.3, -0.25) is 4.79 Å². The van der Waals surface area contributed by atoms with Crippen LogP contribution in [0.15, 0.2) is 41.3 Å². The molecular formula is C20H23NO5S. The van der Waals surface area contributed by atoms with Crippen LogP contribution in [0.1, 0.15) is 13.3 Å². The van der Waals surface area contributed by atoms with E-state index in [9.17, 15) is 4.79 Å². The Morgan fingerprint density at radius 3 is 2.59 bits per heavy atom. The minimum absolute atomic E-state index is 0.126. The van der Waals surface area contributed by atoms with Crippen LogP contribution < -0.4 is 24.3 Å². The Morgan fingerprint density at radius 2 is 1.85 bits per heavy atom. The van der Waals surface area contributed by atoms with Crippen LogP contribution in [0.3, 0.4) is 0 Å². The van der Waals surface area contributed by atoms with Crippen molar-refractivity contribution < 1.29 is 23.7 Å². The lowest BCUT2D eigenvalue weighted by atomic mass is 10.2. The summed E-state index contributed by atoms with van der Waals surface area (Å²) in [7, 11) is 3.14. The summed E-state index contributed by atoms with van der Waals surface area (Å²) in [5.41, 5.74) is 0.577. The van der Waals surface area contributed by atoms with E-state index >= 15 is 0 Å². The van der Waals surface area contributed by atoms with Gasteiger partial charge in [-0.2, -0.15) is 0 Å². The van der Waals surface area contributed by atoms with Crippen molar-refractivity contribution in [2.45, 2.75) is 23.5 Å². The maximum Gasteiger partial charge on any atom is 0.237 e. The van der Waals surface area contributed by atoms with Crippen molar-refractivity contribution in [2.75, 3.05) is 32.8 Å². The maximum atomic E-state index is 12.6. The zero-order valence-corrected chi connectivity index (χ0v) is 16.4. The molecule has 0 saturated carbocycles. The molecule has 0 saturated heterocycles. The molecule has 0 fully saturated rings. The fourth-order valence-electron chi connectivity index (χ4n) is 2.62. The smallest absolute Gasteiger partial charge is 0.237 e. The zero-order valence-electron chi connectivity index (χ0n) is 15.6. The first kappa shape index (κ1) is 19.2. The highest BCUT2D eigenvalue weighted by Gasteiger charge is 2.18. The van der Waals surface area contributed by atoms with Crippen molar-refractivity contribution in [2.24, 2.45) is 0 Å². The SMILES string of the molecule is COc1ccc(OC)c(NC(=O)C(C)Sc2ccc3c(c2)OCCCO3)c1. The van der Waals surface area contributed by atoms with Gasteiger partial charge in [0.15, 0.2) is 11.5 Å². The number of anilines is 1. The summed E-state index contributed by atoms with van der Waals surface area (Å²) >= 11 is 1.45. The molecule has 0 bridgehead atoms. The first-order valence-electron chi connectivity index (χ1n) is 8.70. The number of benzene rings is 2. The molecule has 0 aliphatic carbocycles. The lowest BCUT2D eigenvalue weighted by Gasteiger charge is -2.16. The van der Waals surface area contributed by atoms with Crippen LogP contribution in [-0.4, -0.2) is 38.6 Å². The lowest BCUT2D eigenvalue weighted by molar-refractivity contribution is -0.115. The largest absolute Gasteiger partial charge is 0.497 e. The number of ether oxygens (including phenoxy) is 4. The summed E-state index contributed by atoms with van der Waals surface area (Å²) in [6, 6.07) is 11.0. The quantitative estimate of drug-likeness (QED) is 0.754. The summed E-state index contributed by atoms with van der Waals surface area (Å²) in [6.45, 7) is 3.14. The Labute approximate surface area is 163 Å². The first-order valence-corrected chi connectivity index (χ1v) is 9.58. The average molecular weight is 389 g/mol. The molecule has 1 atom stereocenters. The van der Waals surface area contributed by atoms with Gasteiger partial charge in [-0.1, -0.05) is 0 Å². The fourth-order valence-corrected chi connectivity index (χ4v) is 3.52. The van der Waals surface area contributed by atoms with Crippen LogP contribution in [0.2, 0.25) is 0 Å². The van der Waals surface area contributed by atoms with Crippen LogP contribution in [-0.2, 0) is 4.79 Å². The number of carbonyl (C=O) groups excluding carboxylic acids is 1. The average Bonchev–Trinajstić information content (AvgIpc) is 2.92. The Bertz CT molecular complexity index is 811. The summed E-state index contributed by atoms with van der Waals surface area (Å²) in [5.74, 6) is 2.57. The van der Waals surface area contributed by atoms with Gasteiger partial charge in [0.1, 0.15) is 11.5 Å². The number of hydrogen-bond acceptors (Lipinski definition) is 6. The number of fused-ring (bicyclic) bond motifs is 1. The summed E-state index contributed by atoms with van der Waals surface area (Å²) in [5, 5.41) is 2.59. The van der Waals surface area contributed by atoms with Crippen molar-refractivity contribution in [1.82, 2.24) is 0 Å². The van der Waals surface area contributed by atoms with Crippen LogP contribution >= 0.6 is 11.8 Å². The fraction of sp³-hybridized carbons (Fsp3) is 0.350. The summed E-state index contributed by atoms with van der Waals surface area (Å²) < 4.78 is 21.9. The molecule has 0 spiro atoms. The molecule has 1 aliphatic heterocycles. The topological polar surface area (TPSA) is 66.0 Å². The highest BCUT2D eigenvalue weighted by atomic mass is 32.2. The van der Waals surface area contributed by atoms with Gasteiger partial charge in [0.25, 0.3) is 0 Å². The molecule has 1 N–H and O–H groups in total. The lowest BCUT2D eigenvalue weighted by Crippen LogP contribution is -2.22. The van der Waals surface area contributed by atoms with Gasteiger partial charge in [-0.05, 0) is 37.3 Å². The second-order valence-electron chi connectivity index (χ2n) is 5.97. The number of amides is 1. The number of rotatable bonds is 6. The van der Waals surface area contributed by atoms with Gasteiger partial charge in [-0.15, -0.1) is 11.8 Å². The van der Waals surface area contributed by atoms with Crippen LogP contribution in [0.5, 0.6) is 23.0 Å². The summed E-state index contributed by atoms with van der Waals surface area (Å²) in [4.78, 5) is 13.6. The minimum atomic E-state index is -0.314. The van der Waals surface area contributed by atoms with E-state index < -0.39 is 0 Å². The molecule has 1 amide bonds. The highest BCUT2D eigenvalue weighted by Crippen LogP contribution is 2.36. The van der Waals surface area contributed by atoms with E-state index in [4.69, 9.17) is 18.9 Å². The summed E-state index contributed by atoms with van der Waals surface area (Å²) in [6.07, 6.45) is 0.859. The molecule has 1 unspecified atom stereocenters. The molecule has 2 aromatic rings. The third-order valence-corrected chi connectivity index (χ3v) is 5.16. The monoisotopic (exact) mass is 389 g/mol. The Hall–Kier alpha value is -2.54. The number of hydrogen-bond donors (Lipinski definition) is 1. The number of carbonyl (C=O) groups is 1. The standard InChI is InChI=1S/C20H23NO5S/c1-13(20(22)21-16-11-14(23-2)5-7-17(16)24-3)27-15-6-8-18-19(12-15)26-10-4-9-25-18/h5-8,11-13H,4,9-10H2,1-3H3,(H,21,22). The number of thioether (sulfide) groups is 1. The predicted octanol–water partition coefficient (Wildman–Crippen LogP) is 3.98. The predicted molar refractivity (Wildman–Crippen MR) is 106 cm³/mol. The molecule has 2 aromatic carbocycles. The van der Waals surface area contributed by atoms with E-state index in [0.717, 1.165) is 22.8 Å². The van der Waals surface area contributed by atoms with Crippen molar-refractivity contribution in [1.29, 1.82) is 0 Å². The van der Waals surface area contributed by atoms with Gasteiger partial charge in [0.05, 0.1) is 38.4 Å². The third-order valence-electron chi connectivity index (χ3n) is 4.07. The third kappa shape index (κ3) is 4.80. The van der Waals surface area contributed by atoms with Gasteiger partial charge >= 0.3 is 0 Å². The molecule has 27 heavy (non-hydrogen) atoms. The molecule has 1 aliphatic rings. The van der Waals surface area contributed by atoms with Gasteiger partial charge < -0.3 is 24.3 Å². The molecule has 6 nitrogen and oxygen atoms in total. The molecule has 3 rings (SSSR count). The molecule has 0 aromatic heterocycles. The van der Waals surface area contributed by atoms with E-state index in [1.54, 1.807) is 32.4 Å². The number of methoxy groups -OCH3 is 2. The molecule has 0 radical (unpaired) electrons. The zero-order chi connectivity index (χ0) is 19.2. The van der Waals surface area contributed by atoms with E-state index in [2.05, 4.69) is 5.32 Å². The van der Waals surface area contributed by atoms with E-state index in [-0.39, 0.29) is 11.2 Å². The van der Waals surface area contributed by atoms with Crippen LogP contribution in [0.25, 0.3) is 0 Å². The minimum Gasteiger partial charge on any atom is -0.497 e. The van der Waals surface area contributed by atoms with Gasteiger partial charge in [0.2, 0.25) is 5.91 Å². The van der Waals surface area contributed by atoms with Gasteiger partial charge in [0, 0.05) is 17.4 Å². The van der Waals surface area contributed by atoms with Crippen molar-refractivity contribution >= 4 is 23.4 Å². The van der Waals surface area contributed by atoms with E-state index in [1.165, 1.54) is 11.8 Å². The van der Waals surface area contributed by atoms with Crippen LogP contribution in [0, 0.1) is 0 Å². The van der Waals surface area contributed by atoms with Crippen molar-refractivity contribution in [3.63, 3.8) is 0 Å². The first-order chi connectivity index (χ1) is 13.1. The Balaban J connectivity index is 1.68. The van der Waals surface area contributed by atoms with Crippen LogP contribution in [0.4, 0.5) is 5.69 Å². The number of nitrogens with one attached hydrogen (secondary N) is 1. The van der Waals surface area contributed by atoms with Gasteiger partial charge in [-0.25, -0.2) is 0 Å². The second-order valence-corrected chi connectivity index (χ2v) is 7.39. The second kappa shape index (κ2) is 8.90. The molecule has 1 heterocycles. The maximum absolute atomic E-state index is 12.6. The Morgan fingerprint density at radius 1 is 1.07 bits per heavy atom. The molecule has 7 heteroatoms. The van der Waals surface area contributed by atoms with E-state index in [1.807, 2.05) is 25.1 Å².